The molecular formula is C24H15Cl3N2O4. The third-order valence-electron chi connectivity index (χ3n) is 4.79. The number of amides is 4. The van der Waals surface area contributed by atoms with E-state index < -0.39 is 17.8 Å². The molecule has 166 valence electrons. The lowest BCUT2D eigenvalue weighted by atomic mass is 10.1. The molecule has 3 aromatic carbocycles. The molecule has 0 radical (unpaired) electrons. The number of ether oxygens (including phenoxy) is 1. The second kappa shape index (κ2) is 9.67. The Morgan fingerprint density at radius 2 is 1.64 bits per heavy atom. The van der Waals surface area contributed by atoms with Crippen LogP contribution in [0, 0.1) is 0 Å². The van der Waals surface area contributed by atoms with Gasteiger partial charge in [0.2, 0.25) is 0 Å². The Kier molecular flexibility index (Phi) is 6.70. The zero-order valence-electron chi connectivity index (χ0n) is 16.8. The van der Waals surface area contributed by atoms with Gasteiger partial charge in [0.1, 0.15) is 17.9 Å². The standard InChI is InChI=1S/C24H15Cl3N2O4/c25-16-5-3-6-18(11-16)29-23(31)19(22(30)28-24(29)32)10-14-4-1-2-7-21(14)33-13-15-8-9-17(26)12-20(15)27/h1-12H,13H2,(H,28,30,32)/b19-10+. The fourth-order valence-corrected chi connectivity index (χ4v) is 3.84. The monoisotopic (exact) mass is 500 g/mol. The van der Waals surface area contributed by atoms with Crippen LogP contribution in [0.3, 0.4) is 0 Å². The Balaban J connectivity index is 1.64. The number of nitrogens with zero attached hydrogens (tertiary/aromatic N) is 1. The minimum atomic E-state index is -0.855. The molecule has 9 heteroatoms. The summed E-state index contributed by atoms with van der Waals surface area (Å²) >= 11 is 18.1. The van der Waals surface area contributed by atoms with Crippen molar-refractivity contribution in [3.05, 3.63) is 98.5 Å². The fourth-order valence-electron chi connectivity index (χ4n) is 3.19. The number of imide groups is 2. The second-order valence-electron chi connectivity index (χ2n) is 7.00. The van der Waals surface area contributed by atoms with Gasteiger partial charge in [-0.3, -0.25) is 14.9 Å². The number of hydrogen-bond acceptors (Lipinski definition) is 4. The number of nitrogens with one attached hydrogen (secondary N) is 1. The summed E-state index contributed by atoms with van der Waals surface area (Å²) in [6, 6.07) is 17.3. The predicted molar refractivity (Wildman–Crippen MR) is 128 cm³/mol. The van der Waals surface area contributed by atoms with Crippen molar-refractivity contribution < 1.29 is 19.1 Å². The van der Waals surface area contributed by atoms with E-state index in [9.17, 15) is 14.4 Å². The van der Waals surface area contributed by atoms with E-state index in [1.165, 1.54) is 12.1 Å². The van der Waals surface area contributed by atoms with Crippen LogP contribution in [0.5, 0.6) is 5.75 Å². The maximum Gasteiger partial charge on any atom is 0.335 e. The Bertz CT molecular complexity index is 1310. The van der Waals surface area contributed by atoms with Gasteiger partial charge in [0.25, 0.3) is 11.8 Å². The van der Waals surface area contributed by atoms with Crippen molar-refractivity contribution in [3.8, 4) is 5.75 Å². The van der Waals surface area contributed by atoms with Crippen molar-refractivity contribution >= 4 is 64.4 Å². The topological polar surface area (TPSA) is 75.7 Å². The molecule has 1 N–H and O–H groups in total. The van der Waals surface area contributed by atoms with Crippen molar-refractivity contribution in [1.82, 2.24) is 5.32 Å². The maximum atomic E-state index is 13.1. The lowest BCUT2D eigenvalue weighted by molar-refractivity contribution is -0.122. The molecule has 0 unspecified atom stereocenters. The van der Waals surface area contributed by atoms with E-state index in [-0.39, 0.29) is 17.9 Å². The van der Waals surface area contributed by atoms with Crippen molar-refractivity contribution in [2.45, 2.75) is 6.61 Å². The van der Waals surface area contributed by atoms with Gasteiger partial charge in [-0.25, -0.2) is 9.69 Å². The highest BCUT2D eigenvalue weighted by molar-refractivity contribution is 6.39. The maximum absolute atomic E-state index is 13.1. The molecule has 0 aromatic heterocycles. The van der Waals surface area contributed by atoms with E-state index in [0.29, 0.717) is 31.9 Å². The van der Waals surface area contributed by atoms with Gasteiger partial charge in [0, 0.05) is 26.2 Å². The molecule has 0 atom stereocenters. The molecule has 1 heterocycles. The number of carbonyl (C=O) groups excluding carboxylic acids is 3. The highest BCUT2D eigenvalue weighted by Gasteiger charge is 2.37. The number of halogens is 3. The molecule has 0 spiro atoms. The van der Waals surface area contributed by atoms with Gasteiger partial charge in [-0.05, 0) is 42.5 Å². The first-order chi connectivity index (χ1) is 15.8. The largest absolute Gasteiger partial charge is 0.488 e. The van der Waals surface area contributed by atoms with Crippen molar-refractivity contribution in [3.63, 3.8) is 0 Å². The van der Waals surface area contributed by atoms with Crippen LogP contribution in [0.1, 0.15) is 11.1 Å². The van der Waals surface area contributed by atoms with Crippen LogP contribution in [0.2, 0.25) is 15.1 Å². The number of urea groups is 1. The molecule has 1 fully saturated rings. The van der Waals surface area contributed by atoms with Crippen LogP contribution >= 0.6 is 34.8 Å². The molecule has 6 nitrogen and oxygen atoms in total. The summed E-state index contributed by atoms with van der Waals surface area (Å²) in [5.41, 5.74) is 1.20. The number of benzene rings is 3. The molecular weight excluding hydrogens is 487 g/mol. The van der Waals surface area contributed by atoms with Gasteiger partial charge in [-0.2, -0.15) is 0 Å². The first-order valence-corrected chi connectivity index (χ1v) is 10.8. The SMILES string of the molecule is O=C1NC(=O)N(c2cccc(Cl)c2)C(=O)/C1=C/c1ccccc1OCc1ccc(Cl)cc1Cl. The van der Waals surface area contributed by atoms with Gasteiger partial charge in [-0.15, -0.1) is 0 Å². The van der Waals surface area contributed by atoms with Gasteiger partial charge >= 0.3 is 6.03 Å². The molecule has 1 aliphatic heterocycles. The third-order valence-corrected chi connectivity index (χ3v) is 5.61. The minimum absolute atomic E-state index is 0.142. The van der Waals surface area contributed by atoms with Crippen LogP contribution in [0.25, 0.3) is 6.08 Å². The van der Waals surface area contributed by atoms with Crippen molar-refractivity contribution in [2.75, 3.05) is 4.90 Å². The Morgan fingerprint density at radius 1 is 0.879 bits per heavy atom. The summed E-state index contributed by atoms with van der Waals surface area (Å²) in [4.78, 5) is 38.8. The van der Waals surface area contributed by atoms with Gasteiger partial charge in [0.05, 0.1) is 5.69 Å². The Morgan fingerprint density at radius 3 is 2.39 bits per heavy atom. The Hall–Kier alpha value is -3.32. The summed E-state index contributed by atoms with van der Waals surface area (Å²) in [6.07, 6.45) is 1.38. The summed E-state index contributed by atoms with van der Waals surface area (Å²) in [5.74, 6) is -1.16. The number of anilines is 1. The van der Waals surface area contributed by atoms with Gasteiger partial charge in [-0.1, -0.05) is 65.1 Å². The Labute approximate surface area is 204 Å². The van der Waals surface area contributed by atoms with Crippen LogP contribution in [0.15, 0.2) is 72.3 Å². The number of barbiturate groups is 1. The summed E-state index contributed by atoms with van der Waals surface area (Å²) in [7, 11) is 0. The van der Waals surface area contributed by atoms with E-state index >= 15 is 0 Å². The highest BCUT2D eigenvalue weighted by atomic mass is 35.5. The van der Waals surface area contributed by atoms with Crippen LogP contribution in [0.4, 0.5) is 10.5 Å². The van der Waals surface area contributed by atoms with Crippen molar-refractivity contribution in [2.24, 2.45) is 0 Å². The van der Waals surface area contributed by atoms with E-state index in [0.717, 1.165) is 4.90 Å². The third kappa shape index (κ3) is 5.03. The molecule has 1 aliphatic rings. The molecule has 3 aromatic rings. The quantitative estimate of drug-likeness (QED) is 0.349. The first kappa shape index (κ1) is 22.9. The smallest absolute Gasteiger partial charge is 0.335 e. The average Bonchev–Trinajstić information content (AvgIpc) is 2.77. The predicted octanol–water partition coefficient (Wildman–Crippen LogP) is 5.89. The fraction of sp³-hybridized carbons (Fsp3) is 0.0417. The molecule has 0 aliphatic carbocycles. The first-order valence-electron chi connectivity index (χ1n) is 9.66. The summed E-state index contributed by atoms with van der Waals surface area (Å²) < 4.78 is 5.89. The number of para-hydroxylation sites is 1. The zero-order valence-corrected chi connectivity index (χ0v) is 19.1. The molecule has 0 saturated carbocycles. The molecule has 0 bridgehead atoms. The minimum Gasteiger partial charge on any atom is -0.488 e. The van der Waals surface area contributed by atoms with Crippen LogP contribution in [-0.2, 0) is 16.2 Å². The molecule has 33 heavy (non-hydrogen) atoms. The second-order valence-corrected chi connectivity index (χ2v) is 8.28. The van der Waals surface area contributed by atoms with E-state index in [1.54, 1.807) is 60.7 Å². The zero-order chi connectivity index (χ0) is 23.5. The molecule has 4 rings (SSSR count). The van der Waals surface area contributed by atoms with E-state index in [4.69, 9.17) is 39.5 Å². The number of carbonyl (C=O) groups is 3. The molecule has 4 amide bonds. The lowest BCUT2D eigenvalue weighted by Crippen LogP contribution is -2.54. The van der Waals surface area contributed by atoms with Crippen molar-refractivity contribution in [1.29, 1.82) is 0 Å². The number of hydrogen-bond donors (Lipinski definition) is 1. The highest BCUT2D eigenvalue weighted by Crippen LogP contribution is 2.28. The number of rotatable bonds is 5. The van der Waals surface area contributed by atoms with Crippen LogP contribution < -0.4 is 15.0 Å². The normalized spacial score (nSPS) is 15.1. The van der Waals surface area contributed by atoms with Crippen LogP contribution in [-0.4, -0.2) is 17.8 Å². The lowest BCUT2D eigenvalue weighted by Gasteiger charge is -2.26. The summed E-state index contributed by atoms with van der Waals surface area (Å²) in [6.45, 7) is 0.142. The average molecular weight is 502 g/mol. The summed E-state index contributed by atoms with van der Waals surface area (Å²) in [5, 5.41) is 3.49. The van der Waals surface area contributed by atoms with E-state index in [2.05, 4.69) is 5.32 Å². The van der Waals surface area contributed by atoms with Gasteiger partial charge in [0.15, 0.2) is 0 Å². The van der Waals surface area contributed by atoms with E-state index in [1.807, 2.05) is 0 Å². The molecule has 1 saturated heterocycles. The van der Waals surface area contributed by atoms with Gasteiger partial charge < -0.3 is 4.74 Å².